The van der Waals surface area contributed by atoms with Crippen molar-refractivity contribution in [2.24, 2.45) is 7.05 Å². The predicted molar refractivity (Wildman–Crippen MR) is 122 cm³/mol. The third kappa shape index (κ3) is 4.06. The molecule has 4 aromatic heterocycles. The highest BCUT2D eigenvalue weighted by atomic mass is 15.3. The number of aryl methyl sites for hydroxylation is 1. The molecule has 1 aliphatic carbocycles. The molecule has 162 valence electrons. The summed E-state index contributed by atoms with van der Waals surface area (Å²) in [4.78, 5) is 9.79. The largest absolute Gasteiger partial charge is 0.366 e. The zero-order valence-corrected chi connectivity index (χ0v) is 18.5. The van der Waals surface area contributed by atoms with Crippen LogP contribution >= 0.6 is 0 Å². The smallest absolute Gasteiger partial charge is 0.154 e. The number of nitrogens with zero attached hydrogens (tertiary/aromatic N) is 7. The zero-order valence-electron chi connectivity index (χ0n) is 18.5. The molecule has 0 saturated heterocycles. The molecule has 1 aliphatic rings. The Bertz CT molecular complexity index is 1180. The average molecular weight is 419 g/mol. The van der Waals surface area contributed by atoms with E-state index in [-0.39, 0.29) is 6.04 Å². The minimum Gasteiger partial charge on any atom is -0.366 e. The van der Waals surface area contributed by atoms with Crippen molar-refractivity contribution in [3.63, 3.8) is 0 Å². The molecule has 8 heteroatoms. The van der Waals surface area contributed by atoms with Crippen LogP contribution in [0.3, 0.4) is 0 Å². The number of hydrogen-bond acceptors (Lipinski definition) is 5. The Kier molecular flexibility index (Phi) is 5.21. The van der Waals surface area contributed by atoms with Crippen LogP contribution < -0.4 is 5.32 Å². The highest BCUT2D eigenvalue weighted by Crippen LogP contribution is 2.29. The Hall–Kier alpha value is -3.16. The van der Waals surface area contributed by atoms with Crippen molar-refractivity contribution in [2.45, 2.75) is 64.5 Å². The summed E-state index contributed by atoms with van der Waals surface area (Å²) in [6, 6.07) is 2.85. The molecule has 0 atom stereocenters. The number of hydrogen-bond donors (Lipinski definition) is 1. The van der Waals surface area contributed by atoms with Gasteiger partial charge in [-0.05, 0) is 38.3 Å². The number of nitrogens with one attached hydrogen (secondary N) is 1. The lowest BCUT2D eigenvalue weighted by Gasteiger charge is -2.21. The van der Waals surface area contributed by atoms with E-state index in [1.165, 1.54) is 32.1 Å². The van der Waals surface area contributed by atoms with Crippen LogP contribution in [0.1, 0.15) is 63.4 Å². The van der Waals surface area contributed by atoms with Crippen LogP contribution in [0.25, 0.3) is 16.7 Å². The van der Waals surface area contributed by atoms with Crippen molar-refractivity contribution < 1.29 is 0 Å². The molecule has 31 heavy (non-hydrogen) atoms. The summed E-state index contributed by atoms with van der Waals surface area (Å²) in [6.45, 7) is 4.25. The van der Waals surface area contributed by atoms with E-state index in [2.05, 4.69) is 44.8 Å². The van der Waals surface area contributed by atoms with Crippen LogP contribution in [-0.4, -0.2) is 40.1 Å². The second-order valence-corrected chi connectivity index (χ2v) is 8.88. The van der Waals surface area contributed by atoms with Crippen LogP contribution in [0.4, 0.5) is 5.82 Å². The lowest BCUT2D eigenvalue weighted by molar-refractivity contribution is 0.329. The summed E-state index contributed by atoms with van der Waals surface area (Å²) >= 11 is 0. The van der Waals surface area contributed by atoms with Crippen LogP contribution in [0.2, 0.25) is 0 Å². The molecule has 0 spiro atoms. The van der Waals surface area contributed by atoms with Gasteiger partial charge in [-0.25, -0.2) is 9.97 Å². The maximum Gasteiger partial charge on any atom is 0.154 e. The summed E-state index contributed by atoms with van der Waals surface area (Å²) < 4.78 is 6.05. The van der Waals surface area contributed by atoms with E-state index in [1.54, 1.807) is 4.68 Å². The van der Waals surface area contributed by atoms with E-state index in [0.717, 1.165) is 33.9 Å². The second kappa shape index (κ2) is 8.17. The van der Waals surface area contributed by atoms with Gasteiger partial charge in [0.25, 0.3) is 0 Å². The molecule has 0 amide bonds. The summed E-state index contributed by atoms with van der Waals surface area (Å²) in [5, 5.41) is 12.5. The molecule has 0 unspecified atom stereocenters. The average Bonchev–Trinajstić information content (AvgIpc) is 3.48. The summed E-state index contributed by atoms with van der Waals surface area (Å²) in [5.41, 5.74) is 4.06. The van der Waals surface area contributed by atoms with Gasteiger partial charge in [0, 0.05) is 38.1 Å². The highest BCUT2D eigenvalue weighted by Gasteiger charge is 2.18. The van der Waals surface area contributed by atoms with Gasteiger partial charge in [-0.3, -0.25) is 9.36 Å². The predicted octanol–water partition coefficient (Wildman–Crippen LogP) is 4.27. The van der Waals surface area contributed by atoms with Crippen LogP contribution in [-0.2, 0) is 13.5 Å². The molecule has 1 saturated carbocycles. The molecule has 5 rings (SSSR count). The lowest BCUT2D eigenvalue weighted by atomic mass is 9.96. The maximum atomic E-state index is 4.92. The SMILES string of the molecule is CC(C)Nc1nc(Cc2cnn(C3CCCCC3)c2)nc2ccn(-c3cnn(C)c3)c12. The van der Waals surface area contributed by atoms with Gasteiger partial charge in [0.15, 0.2) is 5.82 Å². The van der Waals surface area contributed by atoms with Crippen LogP contribution in [0.15, 0.2) is 37.1 Å². The molecule has 0 bridgehead atoms. The molecule has 1 fully saturated rings. The second-order valence-electron chi connectivity index (χ2n) is 8.88. The molecular formula is C23H30N8. The third-order valence-electron chi connectivity index (χ3n) is 5.94. The van der Waals surface area contributed by atoms with Gasteiger partial charge in [-0.2, -0.15) is 10.2 Å². The number of anilines is 1. The Labute approximate surface area is 182 Å². The molecule has 0 aromatic carbocycles. The Morgan fingerprint density at radius 1 is 1.06 bits per heavy atom. The van der Waals surface area contributed by atoms with Crippen molar-refractivity contribution in [1.29, 1.82) is 0 Å². The number of rotatable bonds is 6. The molecule has 4 heterocycles. The monoisotopic (exact) mass is 418 g/mol. The van der Waals surface area contributed by atoms with Crippen molar-refractivity contribution in [3.8, 4) is 5.69 Å². The zero-order chi connectivity index (χ0) is 21.4. The van der Waals surface area contributed by atoms with Crippen molar-refractivity contribution in [3.05, 3.63) is 48.4 Å². The van der Waals surface area contributed by atoms with E-state index in [1.807, 2.05) is 37.9 Å². The van der Waals surface area contributed by atoms with E-state index >= 15 is 0 Å². The van der Waals surface area contributed by atoms with Gasteiger partial charge in [0.05, 0.1) is 29.6 Å². The van der Waals surface area contributed by atoms with E-state index in [9.17, 15) is 0 Å². The fourth-order valence-corrected chi connectivity index (χ4v) is 4.49. The molecular weight excluding hydrogens is 388 g/mol. The van der Waals surface area contributed by atoms with E-state index < -0.39 is 0 Å². The topological polar surface area (TPSA) is 78.4 Å². The fraction of sp³-hybridized carbons (Fsp3) is 0.478. The van der Waals surface area contributed by atoms with E-state index in [4.69, 9.17) is 9.97 Å². The highest BCUT2D eigenvalue weighted by molar-refractivity contribution is 5.88. The molecule has 4 aromatic rings. The van der Waals surface area contributed by atoms with Gasteiger partial charge < -0.3 is 9.88 Å². The first-order valence-electron chi connectivity index (χ1n) is 11.2. The Morgan fingerprint density at radius 2 is 1.90 bits per heavy atom. The quantitative estimate of drug-likeness (QED) is 0.506. The fourth-order valence-electron chi connectivity index (χ4n) is 4.49. The van der Waals surface area contributed by atoms with Crippen LogP contribution in [0, 0.1) is 0 Å². The Balaban J connectivity index is 1.47. The first-order chi connectivity index (χ1) is 15.1. The Morgan fingerprint density at radius 3 is 2.65 bits per heavy atom. The summed E-state index contributed by atoms with van der Waals surface area (Å²) in [6.07, 6.45) is 17.1. The van der Waals surface area contributed by atoms with Gasteiger partial charge in [0.2, 0.25) is 0 Å². The van der Waals surface area contributed by atoms with Crippen molar-refractivity contribution in [2.75, 3.05) is 5.32 Å². The first kappa shape index (κ1) is 19.8. The van der Waals surface area contributed by atoms with Crippen molar-refractivity contribution in [1.82, 2.24) is 34.1 Å². The van der Waals surface area contributed by atoms with Crippen molar-refractivity contribution >= 4 is 16.9 Å². The van der Waals surface area contributed by atoms with Gasteiger partial charge >= 0.3 is 0 Å². The van der Waals surface area contributed by atoms with Crippen LogP contribution in [0.5, 0.6) is 0 Å². The number of fused-ring (bicyclic) bond motifs is 1. The standard InChI is InChI=1S/C23H30N8/c1-16(2)26-23-22-20(9-10-30(22)19-13-24-29(3)15-19)27-21(28-23)11-17-12-25-31(14-17)18-7-5-4-6-8-18/h9-10,12-16,18H,4-8,11H2,1-3H3,(H,26,27,28). The van der Waals surface area contributed by atoms with E-state index in [0.29, 0.717) is 12.5 Å². The molecule has 0 radical (unpaired) electrons. The molecule has 1 N–H and O–H groups in total. The summed E-state index contributed by atoms with van der Waals surface area (Å²) in [5.74, 6) is 1.66. The lowest BCUT2D eigenvalue weighted by Crippen LogP contribution is -2.14. The molecule has 0 aliphatic heterocycles. The molecule has 8 nitrogen and oxygen atoms in total. The number of aromatic nitrogens is 7. The normalized spacial score (nSPS) is 15.2. The van der Waals surface area contributed by atoms with Gasteiger partial charge in [-0.15, -0.1) is 0 Å². The maximum absolute atomic E-state index is 4.92. The summed E-state index contributed by atoms with van der Waals surface area (Å²) in [7, 11) is 1.92. The first-order valence-corrected chi connectivity index (χ1v) is 11.2. The third-order valence-corrected chi connectivity index (χ3v) is 5.94. The minimum absolute atomic E-state index is 0.261. The minimum atomic E-state index is 0.261. The van der Waals surface area contributed by atoms with Gasteiger partial charge in [-0.1, -0.05) is 19.3 Å². The van der Waals surface area contributed by atoms with Gasteiger partial charge in [0.1, 0.15) is 11.3 Å².